The van der Waals surface area contributed by atoms with Gasteiger partial charge in [-0.2, -0.15) is 0 Å². The second kappa shape index (κ2) is 6.48. The number of carbonyl (C=O) groups is 1. The van der Waals surface area contributed by atoms with Gasteiger partial charge in [-0.05, 0) is 37.1 Å². The molecule has 0 aliphatic carbocycles. The van der Waals surface area contributed by atoms with Crippen LogP contribution in [0.1, 0.15) is 18.1 Å². The van der Waals surface area contributed by atoms with Gasteiger partial charge in [-0.15, -0.1) is 0 Å². The van der Waals surface area contributed by atoms with Crippen LogP contribution in [0.25, 0.3) is 6.08 Å². The molecule has 0 bridgehead atoms. The maximum atomic E-state index is 11.2. The van der Waals surface area contributed by atoms with E-state index >= 15 is 0 Å². The summed E-state index contributed by atoms with van der Waals surface area (Å²) in [7, 11) is 0. The third-order valence-corrected chi connectivity index (χ3v) is 2.24. The topological polar surface area (TPSA) is 37.3 Å². The fourth-order valence-electron chi connectivity index (χ4n) is 1.36. The molecule has 0 aromatic heterocycles. The minimum absolute atomic E-state index is 0.0450. The molecule has 0 spiro atoms. The van der Waals surface area contributed by atoms with Crippen molar-refractivity contribution in [1.82, 2.24) is 0 Å². The largest absolute Gasteiger partial charge is 0.508 e. The molecule has 2 nitrogen and oxygen atoms in total. The number of aliphatic hydroxyl groups excluding tert-OH is 1. The SMILES string of the molecule is C/C=C/C(=O)/C=C(O)/C=C/c1ccccc1C. The first-order chi connectivity index (χ1) is 8.13. The molecule has 1 rings (SSSR count). The molecule has 0 saturated carbocycles. The van der Waals surface area contributed by atoms with Gasteiger partial charge in [0, 0.05) is 6.08 Å². The summed E-state index contributed by atoms with van der Waals surface area (Å²) in [5, 5.41) is 9.52. The fourth-order valence-corrected chi connectivity index (χ4v) is 1.36. The van der Waals surface area contributed by atoms with Crippen molar-refractivity contribution in [2.45, 2.75) is 13.8 Å². The van der Waals surface area contributed by atoms with Gasteiger partial charge >= 0.3 is 0 Å². The van der Waals surface area contributed by atoms with Gasteiger partial charge in [0.2, 0.25) is 0 Å². The molecule has 0 amide bonds. The molecular weight excluding hydrogens is 212 g/mol. The van der Waals surface area contributed by atoms with Gasteiger partial charge < -0.3 is 5.11 Å². The Balaban J connectivity index is 2.78. The number of hydrogen-bond donors (Lipinski definition) is 1. The molecule has 1 aromatic rings. The number of benzene rings is 1. The highest BCUT2D eigenvalue weighted by atomic mass is 16.3. The Hall–Kier alpha value is -2.09. The Kier molecular flexibility index (Phi) is 4.95. The number of aliphatic hydroxyl groups is 1. The van der Waals surface area contributed by atoms with E-state index in [9.17, 15) is 9.90 Å². The van der Waals surface area contributed by atoms with Crippen LogP contribution in [0.3, 0.4) is 0 Å². The lowest BCUT2D eigenvalue weighted by molar-refractivity contribution is -0.110. The van der Waals surface area contributed by atoms with Gasteiger partial charge in [0.15, 0.2) is 5.78 Å². The average Bonchev–Trinajstić information content (AvgIpc) is 2.28. The molecule has 0 radical (unpaired) electrons. The number of carbonyl (C=O) groups excluding carboxylic acids is 1. The first-order valence-corrected chi connectivity index (χ1v) is 5.44. The van der Waals surface area contributed by atoms with Crippen molar-refractivity contribution in [3.63, 3.8) is 0 Å². The van der Waals surface area contributed by atoms with E-state index in [0.29, 0.717) is 0 Å². The van der Waals surface area contributed by atoms with Gasteiger partial charge in [-0.3, -0.25) is 4.79 Å². The molecule has 0 saturated heterocycles. The highest BCUT2D eigenvalue weighted by molar-refractivity contribution is 5.99. The zero-order valence-corrected chi connectivity index (χ0v) is 10.1. The van der Waals surface area contributed by atoms with Crippen LogP contribution in [-0.4, -0.2) is 10.9 Å². The summed E-state index contributed by atoms with van der Waals surface area (Å²) >= 11 is 0. The van der Waals surface area contributed by atoms with Crippen molar-refractivity contribution in [2.24, 2.45) is 0 Å². The van der Waals surface area contributed by atoms with Gasteiger partial charge in [0.25, 0.3) is 0 Å². The number of allylic oxidation sites excluding steroid dienone is 4. The molecule has 1 aromatic carbocycles. The zero-order chi connectivity index (χ0) is 12.7. The van der Waals surface area contributed by atoms with E-state index in [1.54, 1.807) is 19.1 Å². The first kappa shape index (κ1) is 13.0. The second-order valence-electron chi connectivity index (χ2n) is 3.66. The highest BCUT2D eigenvalue weighted by Gasteiger charge is 1.94. The fraction of sp³-hybridized carbons (Fsp3) is 0.133. The summed E-state index contributed by atoms with van der Waals surface area (Å²) in [5.74, 6) is -0.268. The Morgan fingerprint density at radius 1 is 1.24 bits per heavy atom. The van der Waals surface area contributed by atoms with Crippen molar-refractivity contribution in [3.8, 4) is 0 Å². The highest BCUT2D eigenvalue weighted by Crippen LogP contribution is 2.09. The van der Waals surface area contributed by atoms with E-state index in [0.717, 1.165) is 11.1 Å². The van der Waals surface area contributed by atoms with E-state index in [4.69, 9.17) is 0 Å². The standard InChI is InChI=1S/C15H16O2/c1-3-6-14(16)11-15(17)10-9-13-8-5-4-7-12(13)2/h3-11,17H,1-2H3/b6-3+,10-9+,15-11-. The van der Waals surface area contributed by atoms with Gasteiger partial charge in [-0.25, -0.2) is 0 Å². The number of aryl methyl sites for hydroxylation is 1. The van der Waals surface area contributed by atoms with Crippen LogP contribution in [0, 0.1) is 6.92 Å². The summed E-state index contributed by atoms with van der Waals surface area (Å²) in [6, 6.07) is 7.83. The number of hydrogen-bond acceptors (Lipinski definition) is 2. The second-order valence-corrected chi connectivity index (χ2v) is 3.66. The average molecular weight is 228 g/mol. The smallest absolute Gasteiger partial charge is 0.181 e. The molecule has 0 aliphatic heterocycles. The van der Waals surface area contributed by atoms with Gasteiger partial charge in [0.1, 0.15) is 5.76 Å². The summed E-state index contributed by atoms with van der Waals surface area (Å²) in [6.07, 6.45) is 7.53. The van der Waals surface area contributed by atoms with E-state index in [1.807, 2.05) is 31.2 Å². The number of ketones is 1. The van der Waals surface area contributed by atoms with Crippen LogP contribution in [0.15, 0.2) is 54.3 Å². The molecule has 0 fully saturated rings. The predicted molar refractivity (Wildman–Crippen MR) is 70.7 cm³/mol. The Labute approximate surface area is 102 Å². The third-order valence-electron chi connectivity index (χ3n) is 2.24. The van der Waals surface area contributed by atoms with Crippen molar-refractivity contribution in [1.29, 1.82) is 0 Å². The maximum Gasteiger partial charge on any atom is 0.181 e. The van der Waals surface area contributed by atoms with Crippen LogP contribution in [0.2, 0.25) is 0 Å². The lowest BCUT2D eigenvalue weighted by Gasteiger charge is -1.98. The van der Waals surface area contributed by atoms with Crippen molar-refractivity contribution >= 4 is 11.9 Å². The van der Waals surface area contributed by atoms with E-state index in [2.05, 4.69) is 0 Å². The molecule has 17 heavy (non-hydrogen) atoms. The molecular formula is C15H16O2. The molecule has 88 valence electrons. The van der Waals surface area contributed by atoms with E-state index in [1.165, 1.54) is 18.2 Å². The third kappa shape index (κ3) is 4.51. The lowest BCUT2D eigenvalue weighted by Crippen LogP contribution is -1.88. The minimum atomic E-state index is -0.223. The van der Waals surface area contributed by atoms with Crippen LogP contribution < -0.4 is 0 Å². The monoisotopic (exact) mass is 228 g/mol. The van der Waals surface area contributed by atoms with E-state index < -0.39 is 0 Å². The van der Waals surface area contributed by atoms with Crippen LogP contribution in [0.4, 0.5) is 0 Å². The van der Waals surface area contributed by atoms with Crippen LogP contribution >= 0.6 is 0 Å². The molecule has 0 heterocycles. The first-order valence-electron chi connectivity index (χ1n) is 5.44. The van der Waals surface area contributed by atoms with Crippen molar-refractivity contribution < 1.29 is 9.90 Å². The van der Waals surface area contributed by atoms with Crippen molar-refractivity contribution in [2.75, 3.05) is 0 Å². The quantitative estimate of drug-likeness (QED) is 0.485. The molecule has 2 heteroatoms. The van der Waals surface area contributed by atoms with Gasteiger partial charge in [0.05, 0.1) is 0 Å². The Bertz CT molecular complexity index is 479. The molecule has 0 unspecified atom stereocenters. The Morgan fingerprint density at radius 2 is 1.94 bits per heavy atom. The van der Waals surface area contributed by atoms with Crippen LogP contribution in [0.5, 0.6) is 0 Å². The summed E-state index contributed by atoms with van der Waals surface area (Å²) in [5.41, 5.74) is 2.14. The summed E-state index contributed by atoms with van der Waals surface area (Å²) in [4.78, 5) is 11.2. The molecule has 0 aliphatic rings. The normalized spacial score (nSPS) is 12.5. The van der Waals surface area contributed by atoms with Crippen molar-refractivity contribution in [3.05, 3.63) is 65.5 Å². The van der Waals surface area contributed by atoms with Gasteiger partial charge in [-0.1, -0.05) is 36.4 Å². The maximum absolute atomic E-state index is 11.2. The summed E-state index contributed by atoms with van der Waals surface area (Å²) in [6.45, 7) is 3.75. The Morgan fingerprint density at radius 3 is 2.59 bits per heavy atom. The predicted octanol–water partition coefficient (Wildman–Crippen LogP) is 3.60. The lowest BCUT2D eigenvalue weighted by atomic mass is 10.1. The zero-order valence-electron chi connectivity index (χ0n) is 10.1. The molecule has 0 atom stereocenters. The van der Waals surface area contributed by atoms with E-state index in [-0.39, 0.29) is 11.5 Å². The summed E-state index contributed by atoms with van der Waals surface area (Å²) < 4.78 is 0. The minimum Gasteiger partial charge on any atom is -0.508 e. The van der Waals surface area contributed by atoms with Crippen LogP contribution in [-0.2, 0) is 4.79 Å². The molecule has 1 N–H and O–H groups in total. The number of rotatable bonds is 4.